The first-order chi connectivity index (χ1) is 17.2. The minimum atomic E-state index is -0.683. The van der Waals surface area contributed by atoms with Gasteiger partial charge in [-0.3, -0.25) is 19.7 Å². The number of benzene rings is 2. The van der Waals surface area contributed by atoms with Crippen LogP contribution in [0.4, 0.5) is 5.69 Å². The smallest absolute Gasteiger partial charge is 0.294 e. The van der Waals surface area contributed by atoms with E-state index in [-0.39, 0.29) is 23.0 Å². The van der Waals surface area contributed by atoms with Crippen molar-refractivity contribution in [3.8, 4) is 17.2 Å². The first-order valence-corrected chi connectivity index (χ1v) is 11.7. The lowest BCUT2D eigenvalue weighted by Gasteiger charge is -2.24. The third-order valence-electron chi connectivity index (χ3n) is 5.51. The number of nitro benzene ring substituents is 1. The summed E-state index contributed by atoms with van der Waals surface area (Å²) in [6, 6.07) is 12.2. The van der Waals surface area contributed by atoms with Gasteiger partial charge in [0.25, 0.3) is 11.6 Å². The zero-order chi connectivity index (χ0) is 26.4. The van der Waals surface area contributed by atoms with Gasteiger partial charge in [0.2, 0.25) is 5.43 Å². The van der Waals surface area contributed by atoms with Gasteiger partial charge >= 0.3 is 0 Å². The van der Waals surface area contributed by atoms with Gasteiger partial charge in [0, 0.05) is 17.8 Å². The van der Waals surface area contributed by atoms with E-state index in [1.54, 1.807) is 19.1 Å². The van der Waals surface area contributed by atoms with Crippen molar-refractivity contribution >= 4 is 11.6 Å². The molecule has 1 heterocycles. The highest BCUT2D eigenvalue weighted by atomic mass is 16.6. The Morgan fingerprint density at radius 3 is 2.39 bits per heavy atom. The summed E-state index contributed by atoms with van der Waals surface area (Å²) in [4.78, 5) is 37.0. The van der Waals surface area contributed by atoms with Crippen molar-refractivity contribution in [1.82, 2.24) is 15.1 Å². The lowest BCUT2D eigenvalue weighted by molar-refractivity contribution is -0.384. The van der Waals surface area contributed by atoms with Gasteiger partial charge < -0.3 is 14.8 Å². The summed E-state index contributed by atoms with van der Waals surface area (Å²) in [5.41, 5.74) is 0.156. The number of aryl methyl sites for hydroxylation is 1. The van der Waals surface area contributed by atoms with Crippen molar-refractivity contribution in [3.63, 3.8) is 0 Å². The molecule has 3 aromatic rings. The molecule has 3 rings (SSSR count). The summed E-state index contributed by atoms with van der Waals surface area (Å²) in [6.45, 7) is 10.2. The number of hydrogen-bond donors (Lipinski definition) is 1. The Kier molecular flexibility index (Phi) is 8.42. The topological polar surface area (TPSA) is 126 Å². The number of aromatic nitrogens is 2. The van der Waals surface area contributed by atoms with Gasteiger partial charge in [0.05, 0.1) is 24.2 Å². The first kappa shape index (κ1) is 26.4. The molecule has 1 aromatic heterocycles. The molecule has 1 N–H and O–H groups in total. The zero-order valence-corrected chi connectivity index (χ0v) is 21.0. The Hall–Kier alpha value is -4.21. The van der Waals surface area contributed by atoms with Crippen LogP contribution in [0, 0.1) is 23.0 Å². The number of rotatable bonds is 10. The summed E-state index contributed by atoms with van der Waals surface area (Å²) >= 11 is 0. The van der Waals surface area contributed by atoms with Crippen LogP contribution in [0.25, 0.3) is 5.69 Å². The van der Waals surface area contributed by atoms with E-state index in [9.17, 15) is 19.7 Å². The second-order valence-corrected chi connectivity index (χ2v) is 8.42. The molecule has 0 spiro atoms. The highest BCUT2D eigenvalue weighted by molar-refractivity contribution is 5.92. The maximum atomic E-state index is 13.3. The van der Waals surface area contributed by atoms with Gasteiger partial charge in [0.15, 0.2) is 17.2 Å². The Labute approximate surface area is 209 Å². The number of nitro groups is 1. The molecule has 0 bridgehead atoms. The molecule has 1 atom stereocenters. The van der Waals surface area contributed by atoms with E-state index < -0.39 is 22.3 Å². The highest BCUT2D eigenvalue weighted by Crippen LogP contribution is 2.33. The first-order valence-electron chi connectivity index (χ1n) is 11.7. The number of amides is 1. The third-order valence-corrected chi connectivity index (χ3v) is 5.51. The maximum Gasteiger partial charge on any atom is 0.294 e. The van der Waals surface area contributed by atoms with Crippen LogP contribution in [0.5, 0.6) is 11.5 Å². The molecule has 1 unspecified atom stereocenters. The van der Waals surface area contributed by atoms with E-state index in [2.05, 4.69) is 10.4 Å². The van der Waals surface area contributed by atoms with Gasteiger partial charge in [-0.2, -0.15) is 5.10 Å². The number of para-hydroxylation sites is 2. The van der Waals surface area contributed by atoms with Gasteiger partial charge in [0.1, 0.15) is 5.69 Å². The van der Waals surface area contributed by atoms with Crippen LogP contribution >= 0.6 is 0 Å². The molecule has 0 aliphatic rings. The molecule has 0 saturated carbocycles. The van der Waals surface area contributed by atoms with Crippen LogP contribution in [-0.4, -0.2) is 33.8 Å². The molecule has 0 fully saturated rings. The van der Waals surface area contributed by atoms with Gasteiger partial charge in [-0.1, -0.05) is 32.0 Å². The van der Waals surface area contributed by atoms with Crippen molar-refractivity contribution in [2.45, 2.75) is 40.7 Å². The number of hydrogen-bond acceptors (Lipinski definition) is 7. The van der Waals surface area contributed by atoms with E-state index in [1.165, 1.54) is 28.9 Å². The van der Waals surface area contributed by atoms with E-state index in [0.29, 0.717) is 30.4 Å². The fourth-order valence-electron chi connectivity index (χ4n) is 3.85. The SMILES string of the molecule is CCOc1ccc(C(NC(=O)c2nn(-c3ccccc3[N+](=O)[O-])c(C)cc2=O)C(C)C)cc1OCC. The summed E-state index contributed by atoms with van der Waals surface area (Å²) in [5.74, 6) is 0.440. The monoisotopic (exact) mass is 494 g/mol. The molecule has 0 aliphatic carbocycles. The second-order valence-electron chi connectivity index (χ2n) is 8.42. The van der Waals surface area contributed by atoms with Crippen molar-refractivity contribution in [2.24, 2.45) is 5.92 Å². The summed E-state index contributed by atoms with van der Waals surface area (Å²) in [6.07, 6.45) is 0. The molecule has 0 radical (unpaired) electrons. The van der Waals surface area contributed by atoms with E-state index in [4.69, 9.17) is 9.47 Å². The minimum absolute atomic E-state index is 0.0377. The molecule has 0 saturated heterocycles. The highest BCUT2D eigenvalue weighted by Gasteiger charge is 2.25. The van der Waals surface area contributed by atoms with Crippen molar-refractivity contribution in [2.75, 3.05) is 13.2 Å². The summed E-state index contributed by atoms with van der Waals surface area (Å²) in [5, 5.41) is 18.6. The molecule has 36 heavy (non-hydrogen) atoms. The Bertz CT molecular complexity index is 1320. The average molecular weight is 495 g/mol. The fraction of sp³-hybridized carbons (Fsp3) is 0.346. The van der Waals surface area contributed by atoms with Crippen LogP contribution in [0.3, 0.4) is 0 Å². The van der Waals surface area contributed by atoms with Gasteiger partial charge in [-0.25, -0.2) is 4.68 Å². The third kappa shape index (κ3) is 5.70. The Balaban J connectivity index is 2.00. The molecule has 190 valence electrons. The second kappa shape index (κ2) is 11.5. The van der Waals surface area contributed by atoms with Crippen LogP contribution in [0.15, 0.2) is 53.3 Å². The van der Waals surface area contributed by atoms with Gasteiger partial charge in [-0.05, 0) is 50.5 Å². The predicted molar refractivity (Wildman–Crippen MR) is 135 cm³/mol. The zero-order valence-electron chi connectivity index (χ0n) is 21.0. The van der Waals surface area contributed by atoms with E-state index in [1.807, 2.05) is 39.8 Å². The average Bonchev–Trinajstić information content (AvgIpc) is 2.83. The molecular formula is C26H30N4O6. The van der Waals surface area contributed by atoms with Crippen LogP contribution in [0.2, 0.25) is 0 Å². The minimum Gasteiger partial charge on any atom is -0.490 e. The molecule has 2 aromatic carbocycles. The number of ether oxygens (including phenoxy) is 2. The van der Waals surface area contributed by atoms with Crippen LogP contribution in [-0.2, 0) is 0 Å². The largest absolute Gasteiger partial charge is 0.490 e. The Morgan fingerprint density at radius 2 is 1.75 bits per heavy atom. The van der Waals surface area contributed by atoms with Crippen LogP contribution in [0.1, 0.15) is 55.5 Å². The molecule has 10 nitrogen and oxygen atoms in total. The molecular weight excluding hydrogens is 464 g/mol. The normalized spacial score (nSPS) is 11.7. The van der Waals surface area contributed by atoms with Crippen molar-refractivity contribution < 1.29 is 19.2 Å². The van der Waals surface area contributed by atoms with E-state index >= 15 is 0 Å². The predicted octanol–water partition coefficient (Wildman–Crippen LogP) is 4.37. The molecule has 0 aliphatic heterocycles. The number of nitrogens with one attached hydrogen (secondary N) is 1. The van der Waals surface area contributed by atoms with Gasteiger partial charge in [-0.15, -0.1) is 0 Å². The molecule has 1 amide bonds. The number of nitrogens with zero attached hydrogens (tertiary/aromatic N) is 3. The number of carbonyl (C=O) groups is 1. The summed E-state index contributed by atoms with van der Waals surface area (Å²) in [7, 11) is 0. The van der Waals surface area contributed by atoms with E-state index in [0.717, 1.165) is 5.56 Å². The quantitative estimate of drug-likeness (QED) is 0.328. The van der Waals surface area contributed by atoms with Crippen molar-refractivity contribution in [3.05, 3.63) is 85.8 Å². The van der Waals surface area contributed by atoms with Crippen LogP contribution < -0.4 is 20.2 Å². The number of carbonyl (C=O) groups excluding carboxylic acids is 1. The summed E-state index contributed by atoms with van der Waals surface area (Å²) < 4.78 is 12.6. The molecule has 10 heteroatoms. The lowest BCUT2D eigenvalue weighted by atomic mass is 9.95. The standard InChI is InChI=1S/C26H30N4O6/c1-6-35-22-13-12-18(15-23(22)36-7-2)24(16(3)4)27-26(32)25-21(31)14-17(5)29(28-25)19-10-8-9-11-20(19)30(33)34/h8-16,24H,6-7H2,1-5H3,(H,27,32). The Morgan fingerprint density at radius 1 is 1.08 bits per heavy atom. The maximum absolute atomic E-state index is 13.3. The fourth-order valence-corrected chi connectivity index (χ4v) is 3.85. The lowest BCUT2D eigenvalue weighted by Crippen LogP contribution is -2.36. The van der Waals surface area contributed by atoms with Crippen molar-refractivity contribution in [1.29, 1.82) is 0 Å².